The Morgan fingerprint density at radius 2 is 2.00 bits per heavy atom. The standard InChI is InChI=1S/C8H14N2O6/c1-3-15-7(13)5(2)9-8(14)10-16-4-6(11)12/h5H,3-4H2,1-2H3,(H,11,12)(H2,9,10,14). The molecule has 0 saturated heterocycles. The van der Waals surface area contributed by atoms with Gasteiger partial charge in [-0.05, 0) is 13.8 Å². The summed E-state index contributed by atoms with van der Waals surface area (Å²) < 4.78 is 4.63. The fourth-order valence-electron chi connectivity index (χ4n) is 0.716. The monoisotopic (exact) mass is 234 g/mol. The summed E-state index contributed by atoms with van der Waals surface area (Å²) in [4.78, 5) is 36.4. The molecule has 8 heteroatoms. The third-order valence-corrected chi connectivity index (χ3v) is 1.35. The predicted octanol–water partition coefficient (Wildman–Crippen LogP) is -0.747. The fraction of sp³-hybridized carbons (Fsp3) is 0.625. The van der Waals surface area contributed by atoms with E-state index >= 15 is 0 Å². The topological polar surface area (TPSA) is 114 Å². The van der Waals surface area contributed by atoms with Crippen molar-refractivity contribution in [1.82, 2.24) is 10.8 Å². The van der Waals surface area contributed by atoms with Crippen LogP contribution in [0.15, 0.2) is 0 Å². The number of carboxylic acids is 1. The van der Waals surface area contributed by atoms with Gasteiger partial charge >= 0.3 is 18.0 Å². The number of aliphatic carboxylic acids is 1. The predicted molar refractivity (Wildman–Crippen MR) is 51.4 cm³/mol. The van der Waals surface area contributed by atoms with Crippen LogP contribution in [0.5, 0.6) is 0 Å². The van der Waals surface area contributed by atoms with Crippen molar-refractivity contribution in [3.05, 3.63) is 0 Å². The first-order chi connectivity index (χ1) is 7.47. The van der Waals surface area contributed by atoms with Crippen LogP contribution < -0.4 is 10.8 Å². The van der Waals surface area contributed by atoms with E-state index in [0.29, 0.717) is 0 Å². The number of nitrogens with one attached hydrogen (secondary N) is 2. The number of carbonyl (C=O) groups excluding carboxylic acids is 2. The summed E-state index contributed by atoms with van der Waals surface area (Å²) in [7, 11) is 0. The van der Waals surface area contributed by atoms with Gasteiger partial charge in [-0.1, -0.05) is 0 Å². The highest BCUT2D eigenvalue weighted by Crippen LogP contribution is 1.87. The van der Waals surface area contributed by atoms with Gasteiger partial charge in [0.1, 0.15) is 6.04 Å². The Labute approximate surface area is 91.9 Å². The molecule has 0 spiro atoms. The molecule has 8 nitrogen and oxygen atoms in total. The number of carboxylic acid groups (broad SMARTS) is 1. The van der Waals surface area contributed by atoms with E-state index in [9.17, 15) is 14.4 Å². The number of esters is 1. The Hall–Kier alpha value is -1.83. The van der Waals surface area contributed by atoms with Crippen LogP contribution in [0, 0.1) is 0 Å². The highest BCUT2D eigenvalue weighted by Gasteiger charge is 2.16. The Morgan fingerprint density at radius 3 is 2.50 bits per heavy atom. The quantitative estimate of drug-likeness (QED) is 0.411. The fourth-order valence-corrected chi connectivity index (χ4v) is 0.716. The Morgan fingerprint density at radius 1 is 1.38 bits per heavy atom. The van der Waals surface area contributed by atoms with Gasteiger partial charge in [0, 0.05) is 0 Å². The molecule has 0 saturated carbocycles. The molecule has 0 rings (SSSR count). The summed E-state index contributed by atoms with van der Waals surface area (Å²) in [6.07, 6.45) is 0. The van der Waals surface area contributed by atoms with Crippen LogP contribution in [0.4, 0.5) is 4.79 Å². The maximum Gasteiger partial charge on any atom is 0.339 e. The Balaban J connectivity index is 3.77. The second kappa shape index (κ2) is 7.46. The molecule has 0 aromatic heterocycles. The largest absolute Gasteiger partial charge is 0.479 e. The van der Waals surface area contributed by atoms with Crippen molar-refractivity contribution < 1.29 is 29.1 Å². The van der Waals surface area contributed by atoms with Crippen molar-refractivity contribution in [1.29, 1.82) is 0 Å². The van der Waals surface area contributed by atoms with Gasteiger partial charge in [0.15, 0.2) is 6.61 Å². The molecule has 0 aliphatic heterocycles. The number of rotatable bonds is 6. The van der Waals surface area contributed by atoms with Gasteiger partial charge in [0.25, 0.3) is 0 Å². The lowest BCUT2D eigenvalue weighted by Crippen LogP contribution is -2.45. The van der Waals surface area contributed by atoms with Crippen LogP contribution in [-0.2, 0) is 19.2 Å². The van der Waals surface area contributed by atoms with Gasteiger partial charge in [-0.3, -0.25) is 4.84 Å². The summed E-state index contributed by atoms with van der Waals surface area (Å²) >= 11 is 0. The molecule has 1 atom stereocenters. The minimum absolute atomic E-state index is 0.210. The number of carbonyl (C=O) groups is 3. The van der Waals surface area contributed by atoms with E-state index in [4.69, 9.17) is 5.11 Å². The number of amides is 2. The number of ether oxygens (including phenoxy) is 1. The summed E-state index contributed by atoms with van der Waals surface area (Å²) in [5.74, 6) is -1.81. The number of hydroxylamine groups is 1. The van der Waals surface area contributed by atoms with Gasteiger partial charge in [0.05, 0.1) is 6.61 Å². The van der Waals surface area contributed by atoms with Gasteiger partial charge in [-0.15, -0.1) is 0 Å². The molecule has 0 aliphatic carbocycles. The highest BCUT2D eigenvalue weighted by atomic mass is 16.7. The van der Waals surface area contributed by atoms with Gasteiger partial charge in [0.2, 0.25) is 0 Å². The molecule has 0 aromatic rings. The molecule has 92 valence electrons. The third kappa shape index (κ3) is 6.60. The van der Waals surface area contributed by atoms with Crippen molar-refractivity contribution >= 4 is 18.0 Å². The Bertz CT molecular complexity index is 267. The first-order valence-corrected chi connectivity index (χ1v) is 4.54. The summed E-state index contributed by atoms with van der Waals surface area (Å²) in [5, 5.41) is 10.4. The maximum absolute atomic E-state index is 11.1. The minimum Gasteiger partial charge on any atom is -0.479 e. The number of hydrogen-bond donors (Lipinski definition) is 3. The van der Waals surface area contributed by atoms with Gasteiger partial charge < -0.3 is 15.2 Å². The van der Waals surface area contributed by atoms with E-state index in [1.165, 1.54) is 6.92 Å². The van der Waals surface area contributed by atoms with Gasteiger partial charge in [-0.2, -0.15) is 0 Å². The molecule has 0 radical (unpaired) electrons. The number of urea groups is 1. The molecular weight excluding hydrogens is 220 g/mol. The molecule has 0 aromatic carbocycles. The molecule has 0 bridgehead atoms. The van der Waals surface area contributed by atoms with Crippen LogP contribution in [0.2, 0.25) is 0 Å². The van der Waals surface area contributed by atoms with Crippen molar-refractivity contribution in [3.8, 4) is 0 Å². The van der Waals surface area contributed by atoms with E-state index in [0.717, 1.165) is 0 Å². The van der Waals surface area contributed by atoms with Crippen molar-refractivity contribution in [2.75, 3.05) is 13.2 Å². The van der Waals surface area contributed by atoms with Crippen molar-refractivity contribution in [3.63, 3.8) is 0 Å². The highest BCUT2D eigenvalue weighted by molar-refractivity contribution is 5.82. The smallest absolute Gasteiger partial charge is 0.339 e. The molecule has 0 aliphatic rings. The van der Waals surface area contributed by atoms with Crippen LogP contribution in [0.1, 0.15) is 13.8 Å². The zero-order valence-electron chi connectivity index (χ0n) is 8.98. The van der Waals surface area contributed by atoms with Crippen LogP contribution in [0.25, 0.3) is 0 Å². The third-order valence-electron chi connectivity index (χ3n) is 1.35. The average molecular weight is 234 g/mol. The lowest BCUT2D eigenvalue weighted by Gasteiger charge is -2.12. The molecule has 1 unspecified atom stereocenters. The molecule has 0 fully saturated rings. The minimum atomic E-state index is -1.22. The van der Waals surface area contributed by atoms with E-state index in [2.05, 4.69) is 14.9 Å². The second-order valence-corrected chi connectivity index (χ2v) is 2.73. The summed E-state index contributed by atoms with van der Waals surface area (Å²) in [6, 6.07) is -1.66. The first-order valence-electron chi connectivity index (χ1n) is 4.54. The van der Waals surface area contributed by atoms with E-state index in [1.807, 2.05) is 0 Å². The normalized spacial score (nSPS) is 11.4. The zero-order valence-corrected chi connectivity index (χ0v) is 8.98. The summed E-state index contributed by atoms with van der Waals surface area (Å²) in [5.41, 5.74) is 1.80. The van der Waals surface area contributed by atoms with Crippen molar-refractivity contribution in [2.45, 2.75) is 19.9 Å². The van der Waals surface area contributed by atoms with Crippen molar-refractivity contribution in [2.24, 2.45) is 0 Å². The first kappa shape index (κ1) is 14.2. The molecule has 2 amide bonds. The van der Waals surface area contributed by atoms with Crippen LogP contribution >= 0.6 is 0 Å². The maximum atomic E-state index is 11.1. The van der Waals surface area contributed by atoms with Crippen LogP contribution in [-0.4, -0.2) is 42.3 Å². The molecule has 3 N–H and O–H groups in total. The average Bonchev–Trinajstić information content (AvgIpc) is 2.17. The summed E-state index contributed by atoms with van der Waals surface area (Å²) in [6.45, 7) is 2.61. The van der Waals surface area contributed by atoms with Gasteiger partial charge in [-0.25, -0.2) is 19.9 Å². The molecular formula is C8H14N2O6. The lowest BCUT2D eigenvalue weighted by atomic mass is 10.3. The lowest BCUT2D eigenvalue weighted by molar-refractivity contribution is -0.146. The second-order valence-electron chi connectivity index (χ2n) is 2.73. The zero-order chi connectivity index (χ0) is 12.6. The van der Waals surface area contributed by atoms with E-state index in [-0.39, 0.29) is 6.61 Å². The SMILES string of the molecule is CCOC(=O)C(C)NC(=O)NOCC(=O)O. The molecule has 16 heavy (non-hydrogen) atoms. The number of hydrogen-bond acceptors (Lipinski definition) is 5. The van der Waals surface area contributed by atoms with E-state index < -0.39 is 30.6 Å². The Kier molecular flexibility index (Phi) is 6.61. The molecule has 0 heterocycles. The van der Waals surface area contributed by atoms with E-state index in [1.54, 1.807) is 12.4 Å². The van der Waals surface area contributed by atoms with Crippen LogP contribution in [0.3, 0.4) is 0 Å².